The number of carbonyl (C=O) groups is 2. The lowest BCUT2D eigenvalue weighted by Crippen LogP contribution is -2.50. The largest absolute Gasteiger partial charge is 0.504 e. The van der Waals surface area contributed by atoms with Crippen LogP contribution < -0.4 is 10.1 Å². The second kappa shape index (κ2) is 8.73. The average Bonchev–Trinajstić information content (AvgIpc) is 2.58. The van der Waals surface area contributed by atoms with Crippen LogP contribution in [0.2, 0.25) is 0 Å². The third kappa shape index (κ3) is 5.84. The molecule has 7 nitrogen and oxygen atoms in total. The number of nitrogens with one attached hydrogen (secondary N) is 1. The minimum Gasteiger partial charge on any atom is -0.504 e. The van der Waals surface area contributed by atoms with Gasteiger partial charge in [-0.15, -0.1) is 0 Å². The van der Waals surface area contributed by atoms with Gasteiger partial charge in [-0.05, 0) is 36.6 Å². The van der Waals surface area contributed by atoms with Gasteiger partial charge in [0.05, 0.1) is 13.2 Å². The van der Waals surface area contributed by atoms with Crippen LogP contribution >= 0.6 is 0 Å². The average molecular weight is 346 g/mol. The zero-order valence-corrected chi connectivity index (χ0v) is 14.7. The molecule has 0 saturated heterocycles. The fraction of sp³-hybridized carbons (Fsp3) is 0.389. The van der Waals surface area contributed by atoms with Crippen LogP contribution in [-0.2, 0) is 14.3 Å². The zero-order chi connectivity index (χ0) is 19.0. The molecule has 0 aliphatic heterocycles. The predicted molar refractivity (Wildman–Crippen MR) is 91.7 cm³/mol. The maximum atomic E-state index is 11.8. The Morgan fingerprint density at radius 3 is 2.68 bits per heavy atom. The minimum absolute atomic E-state index is 0.00964. The van der Waals surface area contributed by atoms with Gasteiger partial charge in [0.1, 0.15) is 5.54 Å². The molecule has 1 aromatic rings. The van der Waals surface area contributed by atoms with Crippen LogP contribution in [0, 0.1) is 17.2 Å². The highest BCUT2D eigenvalue weighted by Crippen LogP contribution is 2.26. The molecule has 0 unspecified atom stereocenters. The van der Waals surface area contributed by atoms with Gasteiger partial charge >= 0.3 is 5.97 Å². The fourth-order valence-electron chi connectivity index (χ4n) is 1.77. The molecule has 0 spiro atoms. The van der Waals surface area contributed by atoms with Crippen molar-refractivity contribution in [2.75, 3.05) is 13.7 Å². The van der Waals surface area contributed by atoms with Crippen LogP contribution in [0.1, 0.15) is 26.3 Å². The number of phenols is 1. The first-order chi connectivity index (χ1) is 11.7. The van der Waals surface area contributed by atoms with Crippen molar-refractivity contribution in [2.24, 2.45) is 5.92 Å². The molecule has 0 aromatic heterocycles. The number of aromatic hydroxyl groups is 1. The van der Waals surface area contributed by atoms with Crippen LogP contribution in [0.15, 0.2) is 24.3 Å². The van der Waals surface area contributed by atoms with E-state index in [0.29, 0.717) is 5.56 Å². The molecule has 7 heteroatoms. The molecule has 1 rings (SSSR count). The SMILES string of the molecule is COc1cc(/C=C/C(=O)OCC(=O)N[C@](C)(C#N)C(C)C)ccc1O. The van der Waals surface area contributed by atoms with Gasteiger partial charge in [0.2, 0.25) is 0 Å². The quantitative estimate of drug-likeness (QED) is 0.577. The third-order valence-corrected chi connectivity index (χ3v) is 3.75. The number of methoxy groups -OCH3 is 1. The monoisotopic (exact) mass is 346 g/mol. The highest BCUT2D eigenvalue weighted by Gasteiger charge is 2.30. The molecular weight excluding hydrogens is 324 g/mol. The Kier molecular flexibility index (Phi) is 7.00. The van der Waals surface area contributed by atoms with E-state index in [1.807, 2.05) is 19.9 Å². The molecule has 0 bridgehead atoms. The highest BCUT2D eigenvalue weighted by atomic mass is 16.5. The second-order valence-electron chi connectivity index (χ2n) is 5.89. The number of rotatable bonds is 7. The molecule has 0 fully saturated rings. The first-order valence-corrected chi connectivity index (χ1v) is 7.66. The van der Waals surface area contributed by atoms with Crippen LogP contribution in [0.5, 0.6) is 11.5 Å². The van der Waals surface area contributed by atoms with E-state index in [9.17, 15) is 14.7 Å². The molecule has 0 heterocycles. The van der Waals surface area contributed by atoms with Gasteiger partial charge < -0.3 is 19.9 Å². The van der Waals surface area contributed by atoms with Crippen molar-refractivity contribution in [2.45, 2.75) is 26.3 Å². The Balaban J connectivity index is 2.57. The van der Waals surface area contributed by atoms with Gasteiger partial charge in [-0.3, -0.25) is 4.79 Å². The van der Waals surface area contributed by atoms with Gasteiger partial charge in [-0.25, -0.2) is 4.79 Å². The Morgan fingerprint density at radius 1 is 1.44 bits per heavy atom. The van der Waals surface area contributed by atoms with Gasteiger partial charge in [0.25, 0.3) is 5.91 Å². The van der Waals surface area contributed by atoms with Crippen molar-refractivity contribution in [3.8, 4) is 17.6 Å². The van der Waals surface area contributed by atoms with Gasteiger partial charge in [-0.2, -0.15) is 5.26 Å². The topological polar surface area (TPSA) is 109 Å². The number of nitriles is 1. The lowest BCUT2D eigenvalue weighted by atomic mass is 9.90. The number of nitrogens with zero attached hydrogens (tertiary/aromatic N) is 1. The minimum atomic E-state index is -1.03. The van der Waals surface area contributed by atoms with Crippen molar-refractivity contribution in [3.63, 3.8) is 0 Å². The van der Waals surface area contributed by atoms with E-state index in [2.05, 4.69) is 5.32 Å². The van der Waals surface area contributed by atoms with Crippen molar-refractivity contribution < 1.29 is 24.2 Å². The number of hydrogen-bond donors (Lipinski definition) is 2. The van der Waals surface area contributed by atoms with Crippen LogP contribution in [0.4, 0.5) is 0 Å². The maximum Gasteiger partial charge on any atom is 0.331 e. The van der Waals surface area contributed by atoms with Gasteiger partial charge in [0, 0.05) is 6.08 Å². The molecule has 0 aliphatic carbocycles. The molecule has 134 valence electrons. The second-order valence-corrected chi connectivity index (χ2v) is 5.89. The van der Waals surface area contributed by atoms with Crippen molar-refractivity contribution in [1.29, 1.82) is 5.26 Å². The summed E-state index contributed by atoms with van der Waals surface area (Å²) in [7, 11) is 1.42. The number of benzene rings is 1. The smallest absolute Gasteiger partial charge is 0.331 e. The Hall–Kier alpha value is -3.01. The molecule has 1 aromatic carbocycles. The highest BCUT2D eigenvalue weighted by molar-refractivity contribution is 5.89. The molecule has 0 saturated carbocycles. The van der Waals surface area contributed by atoms with E-state index < -0.39 is 24.0 Å². The molecule has 2 N–H and O–H groups in total. The summed E-state index contributed by atoms with van der Waals surface area (Å²) in [6.07, 6.45) is 2.63. The Labute approximate surface area is 146 Å². The summed E-state index contributed by atoms with van der Waals surface area (Å²) in [6, 6.07) is 6.62. The number of esters is 1. The van der Waals surface area contributed by atoms with E-state index in [1.54, 1.807) is 19.1 Å². The van der Waals surface area contributed by atoms with Gasteiger partial charge in [-0.1, -0.05) is 19.9 Å². The lowest BCUT2D eigenvalue weighted by molar-refractivity contribution is -0.144. The summed E-state index contributed by atoms with van der Waals surface area (Å²) in [6.45, 7) is 4.75. The number of phenolic OH excluding ortho intramolecular Hbond substituents is 1. The van der Waals surface area contributed by atoms with E-state index in [4.69, 9.17) is 14.7 Å². The molecule has 0 radical (unpaired) electrons. The van der Waals surface area contributed by atoms with E-state index in [-0.39, 0.29) is 17.4 Å². The third-order valence-electron chi connectivity index (χ3n) is 3.75. The standard InChI is InChI=1S/C18H22N2O5/c1-12(2)18(3,11-19)20-16(22)10-25-17(23)8-6-13-5-7-14(21)15(9-13)24-4/h5-9,12,21H,10H2,1-4H3,(H,20,22)/b8-6+/t18-/m1/s1. The zero-order valence-electron chi connectivity index (χ0n) is 14.7. The van der Waals surface area contributed by atoms with Crippen LogP contribution in [0.3, 0.4) is 0 Å². The predicted octanol–water partition coefficient (Wildman–Crippen LogP) is 2.01. The van der Waals surface area contributed by atoms with Crippen molar-refractivity contribution in [1.82, 2.24) is 5.32 Å². The van der Waals surface area contributed by atoms with Gasteiger partial charge in [0.15, 0.2) is 18.1 Å². The molecular formula is C18H22N2O5. The molecule has 1 amide bonds. The summed E-state index contributed by atoms with van der Waals surface area (Å²) in [5.41, 5.74) is -0.407. The van der Waals surface area contributed by atoms with Crippen LogP contribution in [0.25, 0.3) is 6.08 Å². The molecule has 25 heavy (non-hydrogen) atoms. The van der Waals surface area contributed by atoms with Crippen LogP contribution in [-0.4, -0.2) is 36.2 Å². The number of hydrogen-bond acceptors (Lipinski definition) is 6. The van der Waals surface area contributed by atoms with E-state index in [0.717, 1.165) is 6.08 Å². The maximum absolute atomic E-state index is 11.8. The summed E-state index contributed by atoms with van der Waals surface area (Å²) >= 11 is 0. The molecule has 1 atom stereocenters. The fourth-order valence-corrected chi connectivity index (χ4v) is 1.77. The summed E-state index contributed by atoms with van der Waals surface area (Å²) in [5.74, 6) is -1.08. The number of ether oxygens (including phenoxy) is 2. The first-order valence-electron chi connectivity index (χ1n) is 7.66. The summed E-state index contributed by atoms with van der Waals surface area (Å²) < 4.78 is 9.82. The summed E-state index contributed by atoms with van der Waals surface area (Å²) in [5, 5.41) is 21.2. The first kappa shape index (κ1) is 20.0. The lowest BCUT2D eigenvalue weighted by Gasteiger charge is -2.27. The van der Waals surface area contributed by atoms with Crippen molar-refractivity contribution in [3.05, 3.63) is 29.8 Å². The molecule has 0 aliphatic rings. The summed E-state index contributed by atoms with van der Waals surface area (Å²) in [4.78, 5) is 23.5. The Bertz CT molecular complexity index is 706. The Morgan fingerprint density at radius 2 is 2.12 bits per heavy atom. The van der Waals surface area contributed by atoms with E-state index in [1.165, 1.54) is 19.3 Å². The van der Waals surface area contributed by atoms with Crippen molar-refractivity contribution >= 4 is 18.0 Å². The van der Waals surface area contributed by atoms with E-state index >= 15 is 0 Å². The number of amides is 1. The normalized spacial score (nSPS) is 13.1. The number of carbonyl (C=O) groups excluding carboxylic acids is 2.